The van der Waals surface area contributed by atoms with Gasteiger partial charge in [0.1, 0.15) is 22.1 Å². The number of aromatic nitrogens is 2. The number of hydrogen-bond acceptors (Lipinski definition) is 4. The van der Waals surface area contributed by atoms with Gasteiger partial charge in [-0.25, -0.2) is 9.97 Å². The van der Waals surface area contributed by atoms with Crippen molar-refractivity contribution in [3.8, 4) is 16.9 Å². The highest BCUT2D eigenvalue weighted by molar-refractivity contribution is 9.10. The Labute approximate surface area is 130 Å². The average molecular weight is 355 g/mol. The van der Waals surface area contributed by atoms with Crippen LogP contribution in [-0.2, 0) is 0 Å². The molecular formula is C14H13BrClN3O. The summed E-state index contributed by atoms with van der Waals surface area (Å²) in [6, 6.07) is 6.16. The number of ether oxygens (including phenoxy) is 1. The first kappa shape index (κ1) is 13.8. The second-order valence-electron chi connectivity index (χ2n) is 4.63. The fraction of sp³-hybridized carbons (Fsp3) is 0.286. The van der Waals surface area contributed by atoms with Gasteiger partial charge in [-0.3, -0.25) is 0 Å². The summed E-state index contributed by atoms with van der Waals surface area (Å²) in [5.41, 5.74) is 1.74. The molecule has 1 atom stereocenters. The Kier molecular flexibility index (Phi) is 4.19. The standard InChI is InChI=1S/C14H13BrClN3O/c15-13-2-1-9(6-18-13)12-5-11(7-19-14(12)16)20-8-10-3-4-17-10/h1-2,5-7,10,17H,3-4,8H2/t10-/m0/s1. The van der Waals surface area contributed by atoms with Gasteiger partial charge in [0, 0.05) is 23.4 Å². The van der Waals surface area contributed by atoms with Crippen molar-refractivity contribution in [2.45, 2.75) is 12.5 Å². The maximum atomic E-state index is 6.15. The van der Waals surface area contributed by atoms with Crippen LogP contribution in [0.2, 0.25) is 5.15 Å². The smallest absolute Gasteiger partial charge is 0.138 e. The first-order valence-electron chi connectivity index (χ1n) is 6.36. The molecule has 0 radical (unpaired) electrons. The fourth-order valence-corrected chi connectivity index (χ4v) is 2.38. The van der Waals surface area contributed by atoms with Gasteiger partial charge < -0.3 is 10.1 Å². The molecule has 2 aromatic rings. The molecule has 3 rings (SSSR count). The topological polar surface area (TPSA) is 47.0 Å². The molecule has 2 aromatic heterocycles. The van der Waals surface area contributed by atoms with Gasteiger partial charge in [-0.1, -0.05) is 17.7 Å². The van der Waals surface area contributed by atoms with Crippen LogP contribution in [0.1, 0.15) is 6.42 Å². The van der Waals surface area contributed by atoms with Crippen LogP contribution < -0.4 is 10.1 Å². The van der Waals surface area contributed by atoms with E-state index in [0.29, 0.717) is 17.8 Å². The summed E-state index contributed by atoms with van der Waals surface area (Å²) in [6.45, 7) is 1.73. The lowest BCUT2D eigenvalue weighted by molar-refractivity contribution is 0.217. The van der Waals surface area contributed by atoms with Crippen molar-refractivity contribution in [1.29, 1.82) is 0 Å². The lowest BCUT2D eigenvalue weighted by Crippen LogP contribution is -2.46. The number of hydrogen-bond donors (Lipinski definition) is 1. The van der Waals surface area contributed by atoms with Crippen molar-refractivity contribution in [1.82, 2.24) is 15.3 Å². The predicted octanol–water partition coefficient (Wildman–Crippen LogP) is 3.30. The Morgan fingerprint density at radius 3 is 2.85 bits per heavy atom. The maximum absolute atomic E-state index is 6.15. The summed E-state index contributed by atoms with van der Waals surface area (Å²) in [4.78, 5) is 8.38. The van der Waals surface area contributed by atoms with Gasteiger partial charge >= 0.3 is 0 Å². The molecule has 1 N–H and O–H groups in total. The Hall–Kier alpha value is -1.17. The molecule has 1 aliphatic heterocycles. The predicted molar refractivity (Wildman–Crippen MR) is 82.1 cm³/mol. The summed E-state index contributed by atoms with van der Waals surface area (Å²) < 4.78 is 6.52. The molecule has 6 heteroatoms. The normalized spacial score (nSPS) is 17.6. The van der Waals surface area contributed by atoms with Gasteiger partial charge in [0.15, 0.2) is 0 Å². The van der Waals surface area contributed by atoms with Gasteiger partial charge in [0.25, 0.3) is 0 Å². The van der Waals surface area contributed by atoms with E-state index in [1.54, 1.807) is 12.4 Å². The molecule has 0 aliphatic carbocycles. The molecule has 4 nitrogen and oxygen atoms in total. The minimum Gasteiger partial charge on any atom is -0.490 e. The van der Waals surface area contributed by atoms with Gasteiger partial charge in [-0.05, 0) is 41.0 Å². The number of pyridine rings is 2. The van der Waals surface area contributed by atoms with Crippen molar-refractivity contribution in [3.05, 3.63) is 40.3 Å². The van der Waals surface area contributed by atoms with Crippen LogP contribution in [0, 0.1) is 0 Å². The molecular weight excluding hydrogens is 342 g/mol. The fourth-order valence-electron chi connectivity index (χ4n) is 1.93. The molecule has 0 amide bonds. The molecule has 0 unspecified atom stereocenters. The number of halogens is 2. The lowest BCUT2D eigenvalue weighted by Gasteiger charge is -2.27. The average Bonchev–Trinajstić information content (AvgIpc) is 2.40. The summed E-state index contributed by atoms with van der Waals surface area (Å²) >= 11 is 9.47. The Morgan fingerprint density at radius 2 is 2.20 bits per heavy atom. The summed E-state index contributed by atoms with van der Waals surface area (Å²) in [5, 5.41) is 3.74. The quantitative estimate of drug-likeness (QED) is 0.856. The summed E-state index contributed by atoms with van der Waals surface area (Å²) in [5.74, 6) is 0.723. The zero-order valence-corrected chi connectivity index (χ0v) is 13.0. The van der Waals surface area contributed by atoms with Crippen molar-refractivity contribution in [2.75, 3.05) is 13.2 Å². The van der Waals surface area contributed by atoms with Crippen LogP contribution in [0.25, 0.3) is 11.1 Å². The van der Waals surface area contributed by atoms with Crippen molar-refractivity contribution in [2.24, 2.45) is 0 Å². The molecule has 1 aliphatic rings. The lowest BCUT2D eigenvalue weighted by atomic mass is 10.1. The van der Waals surface area contributed by atoms with Crippen LogP contribution in [-0.4, -0.2) is 29.2 Å². The highest BCUT2D eigenvalue weighted by Crippen LogP contribution is 2.29. The molecule has 3 heterocycles. The van der Waals surface area contributed by atoms with Crippen molar-refractivity contribution in [3.63, 3.8) is 0 Å². The largest absolute Gasteiger partial charge is 0.490 e. The molecule has 1 saturated heterocycles. The zero-order chi connectivity index (χ0) is 13.9. The minimum absolute atomic E-state index is 0.447. The molecule has 0 saturated carbocycles. The molecule has 20 heavy (non-hydrogen) atoms. The molecule has 104 valence electrons. The minimum atomic E-state index is 0.447. The highest BCUT2D eigenvalue weighted by Gasteiger charge is 2.17. The van der Waals surface area contributed by atoms with Gasteiger partial charge in [0.05, 0.1) is 6.20 Å². The first-order chi connectivity index (χ1) is 9.72. The number of nitrogens with one attached hydrogen (secondary N) is 1. The van der Waals surface area contributed by atoms with Crippen molar-refractivity contribution < 1.29 is 4.74 Å². The van der Waals surface area contributed by atoms with E-state index in [0.717, 1.165) is 34.4 Å². The van der Waals surface area contributed by atoms with E-state index in [-0.39, 0.29) is 0 Å². The van der Waals surface area contributed by atoms with E-state index in [1.165, 1.54) is 0 Å². The zero-order valence-electron chi connectivity index (χ0n) is 10.6. The van der Waals surface area contributed by atoms with Crippen LogP contribution in [0.3, 0.4) is 0 Å². The van der Waals surface area contributed by atoms with Crippen LogP contribution in [0.15, 0.2) is 35.2 Å². The van der Waals surface area contributed by atoms with Gasteiger partial charge in [-0.2, -0.15) is 0 Å². The maximum Gasteiger partial charge on any atom is 0.138 e. The molecule has 0 bridgehead atoms. The Bertz CT molecular complexity index is 602. The third-order valence-corrected chi connectivity index (χ3v) is 4.00. The Balaban J connectivity index is 1.80. The third kappa shape index (κ3) is 3.11. The molecule has 0 spiro atoms. The summed E-state index contributed by atoms with van der Waals surface area (Å²) in [6.07, 6.45) is 4.56. The number of rotatable bonds is 4. The van der Waals surface area contributed by atoms with Crippen LogP contribution in [0.4, 0.5) is 0 Å². The van der Waals surface area contributed by atoms with Gasteiger partial charge in [-0.15, -0.1) is 0 Å². The highest BCUT2D eigenvalue weighted by atomic mass is 79.9. The van der Waals surface area contributed by atoms with Gasteiger partial charge in [0.2, 0.25) is 0 Å². The second-order valence-corrected chi connectivity index (χ2v) is 5.80. The first-order valence-corrected chi connectivity index (χ1v) is 7.53. The third-order valence-electron chi connectivity index (χ3n) is 3.23. The Morgan fingerprint density at radius 1 is 1.35 bits per heavy atom. The van der Waals surface area contributed by atoms with E-state index in [1.807, 2.05) is 18.2 Å². The van der Waals surface area contributed by atoms with E-state index in [9.17, 15) is 0 Å². The molecule has 0 aromatic carbocycles. The van der Waals surface area contributed by atoms with E-state index in [4.69, 9.17) is 16.3 Å². The molecule has 1 fully saturated rings. The number of nitrogens with zero attached hydrogens (tertiary/aromatic N) is 2. The van der Waals surface area contributed by atoms with Crippen molar-refractivity contribution >= 4 is 27.5 Å². The second kappa shape index (κ2) is 6.08. The van der Waals surface area contributed by atoms with Crippen LogP contribution >= 0.6 is 27.5 Å². The van der Waals surface area contributed by atoms with E-state index < -0.39 is 0 Å². The monoisotopic (exact) mass is 353 g/mol. The summed E-state index contributed by atoms with van der Waals surface area (Å²) in [7, 11) is 0. The van der Waals surface area contributed by atoms with Crippen LogP contribution in [0.5, 0.6) is 5.75 Å². The van der Waals surface area contributed by atoms with E-state index in [2.05, 4.69) is 31.2 Å². The van der Waals surface area contributed by atoms with E-state index >= 15 is 0 Å². The SMILES string of the molecule is Clc1ncc(OC[C@@H]2CCN2)cc1-c1ccc(Br)nc1.